The molecule has 6 unspecified atom stereocenters. The van der Waals surface area contributed by atoms with E-state index in [-0.39, 0.29) is 25.7 Å². The number of hydrogen-bond donors (Lipinski definition) is 8. The van der Waals surface area contributed by atoms with Gasteiger partial charge in [0.25, 0.3) is 0 Å². The van der Waals surface area contributed by atoms with Crippen LogP contribution >= 0.6 is 15.6 Å². The molecule has 1 fully saturated rings. The number of esters is 2. The van der Waals surface area contributed by atoms with Gasteiger partial charge in [-0.1, -0.05) is 159 Å². The van der Waals surface area contributed by atoms with Crippen LogP contribution in [-0.4, -0.2) is 114 Å². The van der Waals surface area contributed by atoms with Crippen molar-refractivity contribution in [3.05, 3.63) is 48.6 Å². The molecule has 0 aliphatic heterocycles. The fourth-order valence-electron chi connectivity index (χ4n) is 7.50. The molecular weight excluding hydrogens is 922 g/mol. The van der Waals surface area contributed by atoms with Gasteiger partial charge in [0.15, 0.2) is 6.10 Å². The van der Waals surface area contributed by atoms with Crippen LogP contribution in [0.25, 0.3) is 0 Å². The van der Waals surface area contributed by atoms with E-state index in [1.807, 2.05) is 12.2 Å². The lowest BCUT2D eigenvalue weighted by atomic mass is 9.85. The summed E-state index contributed by atoms with van der Waals surface area (Å²) in [6, 6.07) is 0. The second kappa shape index (κ2) is 39.5. The highest BCUT2D eigenvalue weighted by Crippen LogP contribution is 2.49. The molecule has 0 aromatic rings. The second-order valence-corrected chi connectivity index (χ2v) is 20.3. The van der Waals surface area contributed by atoms with E-state index in [4.69, 9.17) is 18.5 Å². The maximum absolute atomic E-state index is 13.0. The molecule has 1 saturated carbocycles. The van der Waals surface area contributed by atoms with Crippen LogP contribution in [0, 0.1) is 0 Å². The average molecular weight is 1010 g/mol. The summed E-state index contributed by atoms with van der Waals surface area (Å²) < 4.78 is 49.3. The molecule has 19 heteroatoms. The monoisotopic (exact) mass is 1010 g/mol. The van der Waals surface area contributed by atoms with Gasteiger partial charge in [0.05, 0.1) is 12.7 Å². The summed E-state index contributed by atoms with van der Waals surface area (Å²) in [6.45, 7) is 2.94. The number of rotatable bonds is 42. The summed E-state index contributed by atoms with van der Waals surface area (Å²) in [4.78, 5) is 54.4. The van der Waals surface area contributed by atoms with Crippen molar-refractivity contribution in [1.29, 1.82) is 0 Å². The van der Waals surface area contributed by atoms with Gasteiger partial charge in [0, 0.05) is 12.8 Å². The predicted molar refractivity (Wildman–Crippen MR) is 261 cm³/mol. The minimum Gasteiger partial charge on any atom is -0.462 e. The predicted octanol–water partition coefficient (Wildman–Crippen LogP) is 9.04. The molecule has 0 saturated heterocycles. The molecule has 0 spiro atoms. The van der Waals surface area contributed by atoms with E-state index in [2.05, 4.69) is 42.7 Å². The van der Waals surface area contributed by atoms with Gasteiger partial charge in [-0.3, -0.25) is 23.2 Å². The van der Waals surface area contributed by atoms with Crippen molar-refractivity contribution in [2.24, 2.45) is 0 Å². The van der Waals surface area contributed by atoms with Gasteiger partial charge >= 0.3 is 27.6 Å². The number of phosphoric ester groups is 2. The quantitative estimate of drug-likeness (QED) is 0.00931. The van der Waals surface area contributed by atoms with Gasteiger partial charge in [0.1, 0.15) is 43.2 Å². The van der Waals surface area contributed by atoms with Crippen LogP contribution in [0.3, 0.4) is 0 Å². The summed E-state index contributed by atoms with van der Waals surface area (Å²) in [5.41, 5.74) is 0. The van der Waals surface area contributed by atoms with E-state index in [0.29, 0.717) is 6.42 Å². The van der Waals surface area contributed by atoms with Crippen molar-refractivity contribution in [1.82, 2.24) is 0 Å². The molecule has 9 atom stereocenters. The van der Waals surface area contributed by atoms with Gasteiger partial charge in [0.2, 0.25) is 0 Å². The van der Waals surface area contributed by atoms with Crippen LogP contribution < -0.4 is 0 Å². The number of aliphatic hydroxyl groups is 5. The Kier molecular flexibility index (Phi) is 37.2. The Morgan fingerprint density at radius 1 is 0.544 bits per heavy atom. The van der Waals surface area contributed by atoms with Gasteiger partial charge in [-0.2, -0.15) is 0 Å². The first-order valence-electron chi connectivity index (χ1n) is 25.3. The summed E-state index contributed by atoms with van der Waals surface area (Å²) >= 11 is 0. The molecule has 17 nitrogen and oxygen atoms in total. The number of unbranched alkanes of at least 4 members (excludes halogenated alkanes) is 19. The van der Waals surface area contributed by atoms with Gasteiger partial charge in [-0.05, 0) is 64.2 Å². The van der Waals surface area contributed by atoms with E-state index < -0.39 is 89.6 Å². The third-order valence-electron chi connectivity index (χ3n) is 11.5. The normalized spacial score (nSPS) is 22.1. The Morgan fingerprint density at radius 2 is 1.03 bits per heavy atom. The average Bonchev–Trinajstić information content (AvgIpc) is 3.29. The van der Waals surface area contributed by atoms with Crippen LogP contribution in [-0.2, 0) is 41.8 Å². The number of carbonyl (C=O) groups excluding carboxylic acids is 2. The zero-order chi connectivity index (χ0) is 50.5. The Hall–Kier alpha value is -2.08. The molecule has 68 heavy (non-hydrogen) atoms. The van der Waals surface area contributed by atoms with Crippen LogP contribution in [0.1, 0.15) is 187 Å². The maximum Gasteiger partial charge on any atom is 0.472 e. The summed E-state index contributed by atoms with van der Waals surface area (Å²) in [6.07, 6.45) is 26.5. The Bertz CT molecular complexity index is 1520. The molecule has 396 valence electrons. The van der Waals surface area contributed by atoms with E-state index in [9.17, 15) is 58.9 Å². The van der Waals surface area contributed by atoms with Crippen LogP contribution in [0.2, 0.25) is 0 Å². The zero-order valence-electron chi connectivity index (χ0n) is 40.9. The molecular formula is C49H88O17P2. The number of allylic oxidation sites excluding steroid dienone is 7. The first-order chi connectivity index (χ1) is 32.5. The Labute approximate surface area is 406 Å². The number of carbonyl (C=O) groups is 2. The van der Waals surface area contributed by atoms with E-state index in [0.717, 1.165) is 64.2 Å². The van der Waals surface area contributed by atoms with Gasteiger partial charge < -0.3 is 49.7 Å². The third kappa shape index (κ3) is 33.5. The molecule has 0 heterocycles. The lowest BCUT2D eigenvalue weighted by molar-refractivity contribution is -0.216. The van der Waals surface area contributed by atoms with E-state index in [1.54, 1.807) is 12.2 Å². The fraction of sp³-hybridized carbons (Fsp3) is 0.796. The van der Waals surface area contributed by atoms with Crippen molar-refractivity contribution >= 4 is 27.6 Å². The van der Waals surface area contributed by atoms with Crippen LogP contribution in [0.15, 0.2) is 48.6 Å². The minimum atomic E-state index is -5.39. The largest absolute Gasteiger partial charge is 0.472 e. The van der Waals surface area contributed by atoms with Gasteiger partial charge in [-0.15, -0.1) is 0 Å². The highest BCUT2D eigenvalue weighted by molar-refractivity contribution is 7.47. The molecule has 0 aromatic carbocycles. The van der Waals surface area contributed by atoms with Crippen molar-refractivity contribution in [2.75, 3.05) is 13.2 Å². The maximum atomic E-state index is 13.0. The summed E-state index contributed by atoms with van der Waals surface area (Å²) in [5, 5.41) is 51.6. The topological polar surface area (TPSA) is 276 Å². The first-order valence-corrected chi connectivity index (χ1v) is 28.3. The summed E-state index contributed by atoms with van der Waals surface area (Å²) in [5.74, 6) is -1.41. The number of ether oxygens (including phenoxy) is 2. The van der Waals surface area contributed by atoms with Crippen LogP contribution in [0.5, 0.6) is 0 Å². The van der Waals surface area contributed by atoms with Gasteiger partial charge in [-0.25, -0.2) is 9.13 Å². The second-order valence-electron chi connectivity index (χ2n) is 17.7. The van der Waals surface area contributed by atoms with Crippen molar-refractivity contribution in [3.63, 3.8) is 0 Å². The lowest BCUT2D eigenvalue weighted by Gasteiger charge is -2.43. The molecule has 0 radical (unpaired) electrons. The molecule has 0 amide bonds. The van der Waals surface area contributed by atoms with Crippen molar-refractivity contribution < 1.29 is 82.0 Å². The van der Waals surface area contributed by atoms with Crippen LogP contribution in [0.4, 0.5) is 0 Å². The highest BCUT2D eigenvalue weighted by Gasteiger charge is 2.54. The zero-order valence-corrected chi connectivity index (χ0v) is 42.7. The minimum absolute atomic E-state index is 0.000681. The fourth-order valence-corrected chi connectivity index (χ4v) is 9.04. The third-order valence-corrected chi connectivity index (χ3v) is 13.0. The first kappa shape index (κ1) is 63.9. The molecule has 1 aliphatic rings. The lowest BCUT2D eigenvalue weighted by Crippen LogP contribution is -2.64. The van der Waals surface area contributed by atoms with Crippen molar-refractivity contribution in [3.8, 4) is 0 Å². The highest BCUT2D eigenvalue weighted by atomic mass is 31.2. The molecule has 8 N–H and O–H groups in total. The standard InChI is InChI=1S/C49H88O17P2/c1-3-5-7-9-11-13-15-17-18-19-20-22-24-26-28-30-32-36-43(52)64-41(39-63-68(60,61)66-49-46(55)44(53)45(54)48(47(49)56)65-67(57,58)59)38-62-42(51)37-33-35-40(50)34-31-29-27-25-23-21-16-14-12-10-8-6-4-2/h17-18,21,23,27,29,31,34,40-41,44-50,53-56H,3-16,19-20,22,24-26,28,30,32-33,35-39H2,1-2H3,(H,60,61)(H2,57,58,59)/b18-17-,23-21+,29-27+,34-31+/t40?,41-,44?,45?,46?,47?,48-,49+/m1/s1. The Balaban J connectivity index is 2.64. The van der Waals surface area contributed by atoms with E-state index >= 15 is 0 Å². The SMILES string of the molecule is CCCCCCCC/C=C\CCCCCCCCCC(=O)O[C@H](COC(=O)CCCC(O)/C=C/C=C/C/C=C/CCCCCCCC)COP(=O)(O)O[C@H]1C(O)C(O)C(O)[C@@H](OP(=O)(O)O)C1O. The number of phosphoric acid groups is 2. The van der Waals surface area contributed by atoms with Crippen molar-refractivity contribution in [2.45, 2.75) is 236 Å². The summed E-state index contributed by atoms with van der Waals surface area (Å²) in [7, 11) is -10.7. The number of hydrogen-bond acceptors (Lipinski definition) is 14. The molecule has 1 aliphatic carbocycles. The molecule has 1 rings (SSSR count). The number of aliphatic hydroxyl groups excluding tert-OH is 5. The Morgan fingerprint density at radius 3 is 1.57 bits per heavy atom. The molecule has 0 bridgehead atoms. The smallest absolute Gasteiger partial charge is 0.462 e. The molecule has 0 aromatic heterocycles. The van der Waals surface area contributed by atoms with E-state index in [1.165, 1.54) is 77.0 Å².